The second-order valence-electron chi connectivity index (χ2n) is 3.33. The van der Waals surface area contributed by atoms with Gasteiger partial charge in [0.2, 0.25) is 0 Å². The van der Waals surface area contributed by atoms with Gasteiger partial charge in [0.15, 0.2) is 0 Å². The van der Waals surface area contributed by atoms with Crippen LogP contribution in [0.2, 0.25) is 0 Å². The zero-order chi connectivity index (χ0) is 11.9. The maximum Gasteiger partial charge on any atom is 0.279 e. The van der Waals surface area contributed by atoms with Crippen molar-refractivity contribution in [2.24, 2.45) is 5.84 Å². The van der Waals surface area contributed by atoms with Crippen LogP contribution in [0.5, 0.6) is 0 Å². The molecule has 0 bridgehead atoms. The predicted octanol–water partition coefficient (Wildman–Crippen LogP) is -0.157. The van der Waals surface area contributed by atoms with Crippen LogP contribution in [0.15, 0.2) is 16.9 Å². The predicted molar refractivity (Wildman–Crippen MR) is 58.7 cm³/mol. The van der Waals surface area contributed by atoms with Gasteiger partial charge in [-0.3, -0.25) is 10.6 Å². The minimum absolute atomic E-state index is 0.0774. The Morgan fingerprint density at radius 2 is 2.19 bits per heavy atom. The van der Waals surface area contributed by atoms with E-state index < -0.39 is 11.4 Å². The molecule has 1 aromatic carbocycles. The first-order valence-electron chi connectivity index (χ1n) is 4.49. The fourth-order valence-electron chi connectivity index (χ4n) is 1.44. The van der Waals surface area contributed by atoms with E-state index >= 15 is 0 Å². The zero-order valence-corrected chi connectivity index (χ0v) is 8.49. The lowest BCUT2D eigenvalue weighted by Gasteiger charge is -2.07. The Morgan fingerprint density at radius 1 is 1.50 bits per heavy atom. The quantitative estimate of drug-likeness (QED) is 0.461. The first-order chi connectivity index (χ1) is 7.54. The van der Waals surface area contributed by atoms with Crippen molar-refractivity contribution in [2.45, 2.75) is 6.92 Å². The van der Waals surface area contributed by atoms with Gasteiger partial charge in [-0.25, -0.2) is 14.1 Å². The normalized spacial score (nSPS) is 10.7. The summed E-state index contributed by atoms with van der Waals surface area (Å²) in [7, 11) is 0. The highest BCUT2D eigenvalue weighted by atomic mass is 19.1. The van der Waals surface area contributed by atoms with Gasteiger partial charge in [0.05, 0.1) is 16.6 Å². The second kappa shape index (κ2) is 3.46. The molecular formula is C9H10FN5O. The topological polar surface area (TPSA) is 99.0 Å². The first-order valence-corrected chi connectivity index (χ1v) is 4.49. The van der Waals surface area contributed by atoms with Crippen molar-refractivity contribution < 1.29 is 4.39 Å². The highest BCUT2D eigenvalue weighted by Crippen LogP contribution is 2.18. The molecule has 0 aliphatic rings. The molecule has 6 nitrogen and oxygen atoms in total. The molecule has 2 aromatic rings. The molecule has 0 atom stereocenters. The molecule has 0 unspecified atom stereocenters. The molecular weight excluding hydrogens is 213 g/mol. The number of aromatic nitrogens is 2. The number of hydrazine groups is 1. The van der Waals surface area contributed by atoms with Gasteiger partial charge in [0.1, 0.15) is 11.6 Å². The largest absolute Gasteiger partial charge is 0.335 e. The van der Waals surface area contributed by atoms with Crippen LogP contribution < -0.4 is 22.7 Å². The van der Waals surface area contributed by atoms with Gasteiger partial charge >= 0.3 is 0 Å². The molecule has 0 amide bonds. The van der Waals surface area contributed by atoms with Crippen LogP contribution in [0, 0.1) is 12.7 Å². The number of nitrogen functional groups attached to an aromatic ring is 2. The van der Waals surface area contributed by atoms with Gasteiger partial charge in [-0.05, 0) is 19.1 Å². The smallest absolute Gasteiger partial charge is 0.279 e. The third kappa shape index (κ3) is 1.38. The molecule has 1 aromatic heterocycles. The number of benzene rings is 1. The average Bonchev–Trinajstić information content (AvgIpc) is 2.27. The Bertz CT molecular complexity index is 621. The van der Waals surface area contributed by atoms with Gasteiger partial charge in [0.25, 0.3) is 5.56 Å². The second-order valence-corrected chi connectivity index (χ2v) is 3.33. The standard InChI is InChI=1S/C9H10FN5O/c1-4-13-7-3-8(14-11)6(10)2-5(7)9(16)15(4)12/h2-3,14H,11-12H2,1H3. The van der Waals surface area contributed by atoms with Crippen molar-refractivity contribution in [2.75, 3.05) is 11.3 Å². The van der Waals surface area contributed by atoms with E-state index in [0.717, 1.165) is 10.7 Å². The van der Waals surface area contributed by atoms with Gasteiger partial charge in [-0.1, -0.05) is 0 Å². The Kier molecular flexibility index (Phi) is 2.24. The number of nitrogens with two attached hydrogens (primary N) is 2. The molecule has 2 rings (SSSR count). The van der Waals surface area contributed by atoms with Crippen LogP contribution in [-0.2, 0) is 0 Å². The van der Waals surface area contributed by atoms with Crippen molar-refractivity contribution in [1.29, 1.82) is 0 Å². The van der Waals surface area contributed by atoms with E-state index in [1.165, 1.54) is 6.07 Å². The van der Waals surface area contributed by atoms with Crippen molar-refractivity contribution >= 4 is 16.6 Å². The fourth-order valence-corrected chi connectivity index (χ4v) is 1.44. The number of halogens is 1. The van der Waals surface area contributed by atoms with Crippen molar-refractivity contribution in [3.05, 3.63) is 34.1 Å². The van der Waals surface area contributed by atoms with Crippen molar-refractivity contribution in [1.82, 2.24) is 9.66 Å². The third-order valence-electron chi connectivity index (χ3n) is 2.32. The van der Waals surface area contributed by atoms with E-state index in [1.54, 1.807) is 6.92 Å². The van der Waals surface area contributed by atoms with E-state index in [1.807, 2.05) is 0 Å². The molecule has 0 aliphatic carbocycles. The Morgan fingerprint density at radius 3 is 2.81 bits per heavy atom. The third-order valence-corrected chi connectivity index (χ3v) is 2.32. The van der Waals surface area contributed by atoms with Crippen molar-refractivity contribution in [3.63, 3.8) is 0 Å². The summed E-state index contributed by atoms with van der Waals surface area (Å²) < 4.78 is 14.2. The highest BCUT2D eigenvalue weighted by Gasteiger charge is 2.10. The Balaban J connectivity index is 2.92. The molecule has 0 aliphatic heterocycles. The van der Waals surface area contributed by atoms with E-state index in [0.29, 0.717) is 11.3 Å². The average molecular weight is 223 g/mol. The summed E-state index contributed by atoms with van der Waals surface area (Å²) in [5, 5.41) is 0.115. The van der Waals surface area contributed by atoms with E-state index in [9.17, 15) is 9.18 Å². The van der Waals surface area contributed by atoms with Gasteiger partial charge in [-0.15, -0.1) is 0 Å². The van der Waals surface area contributed by atoms with E-state index in [2.05, 4.69) is 10.4 Å². The van der Waals surface area contributed by atoms with Gasteiger partial charge < -0.3 is 11.3 Å². The van der Waals surface area contributed by atoms with Crippen LogP contribution in [0.1, 0.15) is 5.82 Å². The number of nitrogens with zero attached hydrogens (tertiary/aromatic N) is 2. The summed E-state index contributed by atoms with van der Waals surface area (Å²) in [6, 6.07) is 2.42. The van der Waals surface area contributed by atoms with Crippen LogP contribution in [0.25, 0.3) is 10.9 Å². The summed E-state index contributed by atoms with van der Waals surface area (Å²) in [5.74, 6) is 10.3. The molecule has 84 valence electrons. The van der Waals surface area contributed by atoms with Crippen LogP contribution in [0.4, 0.5) is 10.1 Å². The fraction of sp³-hybridized carbons (Fsp3) is 0.111. The Hall–Kier alpha value is -2.15. The SMILES string of the molecule is Cc1nc2cc(NN)c(F)cc2c(=O)n1N. The molecule has 0 spiro atoms. The molecule has 0 saturated carbocycles. The maximum atomic E-state index is 13.4. The monoisotopic (exact) mass is 223 g/mol. The molecule has 5 N–H and O–H groups in total. The summed E-state index contributed by atoms with van der Waals surface area (Å²) in [6.07, 6.45) is 0. The van der Waals surface area contributed by atoms with Crippen LogP contribution in [-0.4, -0.2) is 9.66 Å². The maximum absolute atomic E-state index is 13.4. The van der Waals surface area contributed by atoms with Crippen LogP contribution >= 0.6 is 0 Å². The number of hydrogen-bond acceptors (Lipinski definition) is 5. The van der Waals surface area contributed by atoms with Crippen LogP contribution in [0.3, 0.4) is 0 Å². The summed E-state index contributed by atoms with van der Waals surface area (Å²) in [5.41, 5.74) is 2.11. The van der Waals surface area contributed by atoms with Gasteiger partial charge in [0, 0.05) is 0 Å². The minimum atomic E-state index is -0.627. The summed E-state index contributed by atoms with van der Waals surface area (Å²) in [6.45, 7) is 1.58. The number of rotatable bonds is 1. The molecule has 0 radical (unpaired) electrons. The number of hydrogen-bond donors (Lipinski definition) is 3. The van der Waals surface area contributed by atoms with Gasteiger partial charge in [-0.2, -0.15) is 0 Å². The Labute approximate surface area is 89.6 Å². The highest BCUT2D eigenvalue weighted by molar-refractivity contribution is 5.81. The molecule has 0 fully saturated rings. The molecule has 7 heteroatoms. The molecule has 1 heterocycles. The van der Waals surface area contributed by atoms with E-state index in [4.69, 9.17) is 11.7 Å². The number of fused-ring (bicyclic) bond motifs is 1. The van der Waals surface area contributed by atoms with Crippen molar-refractivity contribution in [3.8, 4) is 0 Å². The lowest BCUT2D eigenvalue weighted by Crippen LogP contribution is -2.30. The minimum Gasteiger partial charge on any atom is -0.335 e. The zero-order valence-electron chi connectivity index (χ0n) is 8.49. The molecule has 16 heavy (non-hydrogen) atoms. The lowest BCUT2D eigenvalue weighted by molar-refractivity contribution is 0.632. The number of aryl methyl sites for hydroxylation is 1. The summed E-state index contributed by atoms with van der Waals surface area (Å²) in [4.78, 5) is 15.7. The number of nitrogens with one attached hydrogen (secondary N) is 1. The van der Waals surface area contributed by atoms with E-state index in [-0.39, 0.29) is 11.1 Å². The first kappa shape index (κ1) is 10.4. The number of anilines is 1. The summed E-state index contributed by atoms with van der Waals surface area (Å²) >= 11 is 0. The molecule has 0 saturated heterocycles. The lowest BCUT2D eigenvalue weighted by atomic mass is 10.2.